The summed E-state index contributed by atoms with van der Waals surface area (Å²) in [4.78, 5) is 3.43. The molecule has 0 N–H and O–H groups in total. The first-order valence-corrected chi connectivity index (χ1v) is 18.5. The Morgan fingerprint density at radius 2 is 1.07 bits per heavy atom. The molecular weight excluding hydrogens is 603 g/mol. The molecule has 260 valence electrons. The van der Waals surface area contributed by atoms with E-state index < -0.39 is 0 Å². The van der Waals surface area contributed by atoms with Gasteiger partial charge in [0.2, 0.25) is 0 Å². The third kappa shape index (κ3) is 20.9. The van der Waals surface area contributed by atoms with Crippen LogP contribution in [0.3, 0.4) is 0 Å². The van der Waals surface area contributed by atoms with E-state index in [1.165, 1.54) is 97.6 Å². The largest absolute Gasteiger partial charge is 2.00 e. The smallest absolute Gasteiger partial charge is 0.348 e. The summed E-state index contributed by atoms with van der Waals surface area (Å²) in [5.74, 6) is 3.03. The predicted octanol–water partition coefficient (Wildman–Crippen LogP) is 13.8. The molecule has 0 saturated carbocycles. The molecule has 0 aromatic heterocycles. The van der Waals surface area contributed by atoms with Crippen LogP contribution in [0, 0.1) is 13.8 Å². The molecule has 0 saturated heterocycles. The maximum atomic E-state index is 9.61. The maximum Gasteiger partial charge on any atom is 2.00 e. The Kier molecular flexibility index (Phi) is 32.7. The van der Waals surface area contributed by atoms with Crippen molar-refractivity contribution in [2.75, 3.05) is 0 Å². The third-order valence-electron chi connectivity index (χ3n) is 7.73. The number of benzene rings is 2. The number of unbranched alkanes of at least 4 members (excludes halogenated alkanes) is 9. The van der Waals surface area contributed by atoms with Crippen LogP contribution in [0.5, 0.6) is 0 Å². The van der Waals surface area contributed by atoms with E-state index in [2.05, 4.69) is 101 Å². The number of rotatable bonds is 20. The topological polar surface area (TPSA) is 36.4 Å². The number of allylic oxidation sites excluding steroid dienone is 2. The normalized spacial score (nSPS) is 10.6. The summed E-state index contributed by atoms with van der Waals surface area (Å²) < 4.78 is 0. The van der Waals surface area contributed by atoms with E-state index in [0.717, 1.165) is 63.4 Å². The molecule has 0 atom stereocenters. The summed E-state index contributed by atoms with van der Waals surface area (Å²) in [6.45, 7) is 20.0. The Morgan fingerprint density at radius 3 is 1.57 bits per heavy atom. The Morgan fingerprint density at radius 1 is 0.609 bits per heavy atom. The molecule has 2 aromatic rings. The van der Waals surface area contributed by atoms with Crippen molar-refractivity contribution in [1.82, 2.24) is 0 Å². The van der Waals surface area contributed by atoms with Gasteiger partial charge in [0.05, 0.1) is 5.57 Å². The monoisotopic (exact) mass is 670 g/mol. The minimum absolute atomic E-state index is 0. The predicted molar refractivity (Wildman–Crippen MR) is 202 cm³/mol. The van der Waals surface area contributed by atoms with Gasteiger partial charge in [0, 0.05) is 0 Å². The van der Waals surface area contributed by atoms with Gasteiger partial charge in [0.25, 0.3) is 0 Å². The molecular formula is C43H68N2Ni. The standard InChI is InChI=1S/C37H54N2.2C3H7.Ni/c1-5-9-13-14-15-17-21-32-23-19-26-34(29-32)37(33-25-18-22-31(28-33)20-11-7-3)36(27-16-10-6-2)35(30-39-38)24-12-8-4;2*1-3-2;/h18-19,22-23,25-26,28-29H,5-17,20-21,24,27H2,1-4H3;2*1,3H2,2H3;/q;2*-1;+2. The van der Waals surface area contributed by atoms with E-state index in [9.17, 15) is 5.53 Å². The van der Waals surface area contributed by atoms with Crippen molar-refractivity contribution in [3.05, 3.63) is 101 Å². The van der Waals surface area contributed by atoms with Crippen molar-refractivity contribution in [3.63, 3.8) is 0 Å². The molecule has 0 unspecified atom stereocenters. The molecule has 2 rings (SSSR count). The molecule has 3 heteroatoms. The van der Waals surface area contributed by atoms with Crippen LogP contribution in [0.1, 0.15) is 173 Å². The molecule has 0 spiro atoms. The summed E-state index contributed by atoms with van der Waals surface area (Å²) in [6, 6.07) is 18.4. The van der Waals surface area contributed by atoms with E-state index in [4.69, 9.17) is 0 Å². The second-order valence-electron chi connectivity index (χ2n) is 12.1. The minimum Gasteiger partial charge on any atom is -0.348 e. The fourth-order valence-corrected chi connectivity index (χ4v) is 5.44. The first-order chi connectivity index (χ1) is 22.0. The minimum atomic E-state index is 0. The van der Waals surface area contributed by atoms with Gasteiger partial charge in [-0.15, -0.1) is 4.79 Å². The van der Waals surface area contributed by atoms with Crippen molar-refractivity contribution < 1.29 is 21.3 Å². The van der Waals surface area contributed by atoms with Crippen molar-refractivity contribution in [3.8, 4) is 0 Å². The van der Waals surface area contributed by atoms with Crippen LogP contribution in [0.15, 0.2) is 59.7 Å². The van der Waals surface area contributed by atoms with Crippen LogP contribution in [-0.4, -0.2) is 10.7 Å². The van der Waals surface area contributed by atoms with Crippen LogP contribution < -0.4 is 0 Å². The van der Waals surface area contributed by atoms with Crippen molar-refractivity contribution in [1.29, 1.82) is 0 Å². The van der Waals surface area contributed by atoms with E-state index in [0.29, 0.717) is 0 Å². The van der Waals surface area contributed by atoms with Gasteiger partial charge in [-0.05, 0) is 84.8 Å². The summed E-state index contributed by atoms with van der Waals surface area (Å²) in [7, 11) is 0. The average Bonchev–Trinajstić information content (AvgIpc) is 3.04. The molecule has 0 heterocycles. The Labute approximate surface area is 296 Å². The molecule has 0 aliphatic rings. The maximum absolute atomic E-state index is 9.61. The molecule has 0 aliphatic carbocycles. The molecule has 2 nitrogen and oxygen atoms in total. The van der Waals surface area contributed by atoms with Crippen molar-refractivity contribution >= 4 is 11.4 Å². The third-order valence-corrected chi connectivity index (χ3v) is 7.73. The fraction of sp³-hybridized carbons (Fsp3) is 0.581. The fourth-order valence-electron chi connectivity index (χ4n) is 5.44. The molecule has 2 aromatic carbocycles. The first kappa shape index (κ1) is 46.0. The van der Waals surface area contributed by atoms with Crippen LogP contribution in [0.25, 0.3) is 11.1 Å². The van der Waals surface area contributed by atoms with Crippen LogP contribution in [-0.2, 0) is 29.3 Å². The van der Waals surface area contributed by atoms with Crippen molar-refractivity contribution in [2.45, 2.75) is 164 Å². The van der Waals surface area contributed by atoms with Crippen molar-refractivity contribution in [2.24, 2.45) is 0 Å². The Hall–Kier alpha value is -2.17. The van der Waals surface area contributed by atoms with Gasteiger partial charge in [-0.25, -0.2) is 0 Å². The van der Waals surface area contributed by atoms with E-state index in [1.807, 2.05) is 13.8 Å². The van der Waals surface area contributed by atoms with Crippen LogP contribution >= 0.6 is 0 Å². The second-order valence-corrected chi connectivity index (χ2v) is 12.1. The number of hydrogen-bond acceptors (Lipinski definition) is 0. The number of hydrogen-bond donors (Lipinski definition) is 0. The number of aryl methyl sites for hydroxylation is 2. The summed E-state index contributed by atoms with van der Waals surface area (Å²) in [6.07, 6.45) is 22.1. The van der Waals surface area contributed by atoms with Gasteiger partial charge in [-0.3, -0.25) is 0 Å². The molecule has 46 heavy (non-hydrogen) atoms. The van der Waals surface area contributed by atoms with E-state index in [-0.39, 0.29) is 16.5 Å². The van der Waals surface area contributed by atoms with Gasteiger partial charge in [0.15, 0.2) is 0 Å². The van der Waals surface area contributed by atoms with Crippen LogP contribution in [0.4, 0.5) is 0 Å². The quantitative estimate of drug-likeness (QED) is 0.0256. The molecule has 0 radical (unpaired) electrons. The molecule has 0 bridgehead atoms. The first-order valence-electron chi connectivity index (χ1n) is 18.5. The summed E-state index contributed by atoms with van der Waals surface area (Å²) in [5, 5.41) is 0. The van der Waals surface area contributed by atoms with Gasteiger partial charge in [-0.2, -0.15) is 12.8 Å². The zero-order valence-corrected chi connectivity index (χ0v) is 31.7. The Bertz CT molecular complexity index is 1120. The van der Waals surface area contributed by atoms with Gasteiger partial charge in [0.1, 0.15) is 0 Å². The molecule has 0 amide bonds. The van der Waals surface area contributed by atoms with Crippen LogP contribution in [0.2, 0.25) is 0 Å². The number of nitrogens with zero attached hydrogens (tertiary/aromatic N) is 2. The van der Waals surface area contributed by atoms with Gasteiger partial charge >= 0.3 is 22.4 Å². The summed E-state index contributed by atoms with van der Waals surface area (Å²) >= 11 is 0. The van der Waals surface area contributed by atoms with Gasteiger partial charge in [-0.1, -0.05) is 148 Å². The molecule has 0 aliphatic heterocycles. The molecule has 0 fully saturated rings. The van der Waals surface area contributed by atoms with E-state index in [1.54, 1.807) is 0 Å². The Balaban J connectivity index is 0. The van der Waals surface area contributed by atoms with E-state index >= 15 is 0 Å². The zero-order valence-electron chi connectivity index (χ0n) is 30.7. The summed E-state index contributed by atoms with van der Waals surface area (Å²) in [5.41, 5.74) is 18.7. The second kappa shape index (κ2) is 32.8. The average molecular weight is 672 g/mol. The van der Waals surface area contributed by atoms with Gasteiger partial charge < -0.3 is 19.4 Å². The SMILES string of the molecule is CCCCCCCCc1cccc(C(=C(CCCCC)C(=C=[N+]=[N-])CCCC)c2cccc(CCCC)c2)c1.[CH2-]CC.[CH2-]CC.[Ni+2]. The zero-order chi connectivity index (χ0) is 33.5.